The van der Waals surface area contributed by atoms with Crippen LogP contribution in [0.2, 0.25) is 0 Å². The Morgan fingerprint density at radius 3 is 3.00 bits per heavy atom. The summed E-state index contributed by atoms with van der Waals surface area (Å²) >= 11 is 0. The Morgan fingerprint density at radius 2 is 2.46 bits per heavy atom. The first kappa shape index (κ1) is 9.70. The number of aliphatic imine (C=N–C) groups is 2. The molecule has 0 bridgehead atoms. The van der Waals surface area contributed by atoms with Crippen molar-refractivity contribution in [2.24, 2.45) is 9.98 Å². The lowest BCUT2D eigenvalue weighted by molar-refractivity contribution is 0.253. The molecule has 5 nitrogen and oxygen atoms in total. The molecule has 2 amide bonds. The van der Waals surface area contributed by atoms with E-state index in [1.165, 1.54) is 6.34 Å². The molecule has 0 aromatic heterocycles. The number of carbonyl (C=O) groups excluding carboxylic acids is 1. The summed E-state index contributed by atoms with van der Waals surface area (Å²) in [6.07, 6.45) is 3.33. The summed E-state index contributed by atoms with van der Waals surface area (Å²) in [5.74, 6) is 0.751. The first-order valence-corrected chi connectivity index (χ1v) is 4.23. The Bertz CT molecular complexity index is 245. The number of amidine groups is 1. The normalized spacial score (nSPS) is 16.0. The number of nitrogens with zero attached hydrogens (tertiary/aromatic N) is 3. The van der Waals surface area contributed by atoms with Gasteiger partial charge in [-0.3, -0.25) is 10.3 Å². The van der Waals surface area contributed by atoms with E-state index in [0.717, 1.165) is 25.2 Å². The van der Waals surface area contributed by atoms with Gasteiger partial charge < -0.3 is 4.90 Å². The molecule has 0 saturated carbocycles. The smallest absolute Gasteiger partial charge is 0.347 e. The van der Waals surface area contributed by atoms with E-state index in [0.29, 0.717) is 0 Å². The van der Waals surface area contributed by atoms with Crippen molar-refractivity contribution in [3.63, 3.8) is 0 Å². The molecule has 1 aliphatic rings. The number of hydrogen-bond acceptors (Lipinski definition) is 2. The SMILES string of the molecule is CN(C)/C=N/C(=O)NC1=NCCC1. The van der Waals surface area contributed by atoms with Crippen molar-refractivity contribution in [3.05, 3.63) is 0 Å². The highest BCUT2D eigenvalue weighted by Crippen LogP contribution is 2.00. The molecule has 0 aromatic carbocycles. The van der Waals surface area contributed by atoms with Gasteiger partial charge >= 0.3 is 6.03 Å². The summed E-state index contributed by atoms with van der Waals surface area (Å²) in [5, 5.41) is 2.62. The number of rotatable bonds is 1. The summed E-state index contributed by atoms with van der Waals surface area (Å²) in [7, 11) is 3.62. The van der Waals surface area contributed by atoms with Gasteiger partial charge in [0.05, 0.1) is 6.34 Å². The van der Waals surface area contributed by atoms with Crippen LogP contribution in [0.1, 0.15) is 12.8 Å². The Hall–Kier alpha value is -1.39. The van der Waals surface area contributed by atoms with E-state index in [1.807, 2.05) is 14.1 Å². The molecule has 1 aliphatic heterocycles. The monoisotopic (exact) mass is 182 g/mol. The molecular weight excluding hydrogens is 168 g/mol. The van der Waals surface area contributed by atoms with Gasteiger partial charge in [-0.05, 0) is 6.42 Å². The highest BCUT2D eigenvalue weighted by atomic mass is 16.2. The van der Waals surface area contributed by atoms with Crippen molar-refractivity contribution in [2.75, 3.05) is 20.6 Å². The minimum absolute atomic E-state index is 0.352. The van der Waals surface area contributed by atoms with E-state index in [-0.39, 0.29) is 6.03 Å². The minimum atomic E-state index is -0.352. The maximum atomic E-state index is 11.1. The molecule has 0 fully saturated rings. The van der Waals surface area contributed by atoms with Gasteiger partial charge in [-0.25, -0.2) is 4.79 Å². The van der Waals surface area contributed by atoms with Crippen molar-refractivity contribution in [1.29, 1.82) is 0 Å². The number of carbonyl (C=O) groups is 1. The summed E-state index contributed by atoms with van der Waals surface area (Å²) in [5.41, 5.74) is 0. The molecule has 0 aliphatic carbocycles. The molecule has 0 saturated heterocycles. The van der Waals surface area contributed by atoms with E-state index < -0.39 is 0 Å². The summed E-state index contributed by atoms with van der Waals surface area (Å²) in [6, 6.07) is -0.352. The zero-order valence-electron chi connectivity index (χ0n) is 7.95. The third-order valence-electron chi connectivity index (χ3n) is 1.53. The molecule has 0 atom stereocenters. The van der Waals surface area contributed by atoms with Crippen LogP contribution in [0.4, 0.5) is 4.79 Å². The zero-order valence-corrected chi connectivity index (χ0v) is 7.95. The molecule has 72 valence electrons. The average Bonchev–Trinajstić information content (AvgIpc) is 2.53. The molecule has 0 aromatic rings. The lowest BCUT2D eigenvalue weighted by Crippen LogP contribution is -2.27. The minimum Gasteiger partial charge on any atom is -0.369 e. The van der Waals surface area contributed by atoms with Crippen molar-refractivity contribution in [1.82, 2.24) is 10.2 Å². The van der Waals surface area contributed by atoms with E-state index >= 15 is 0 Å². The second-order valence-corrected chi connectivity index (χ2v) is 3.07. The van der Waals surface area contributed by atoms with Gasteiger partial charge in [-0.1, -0.05) is 0 Å². The van der Waals surface area contributed by atoms with Gasteiger partial charge in [-0.15, -0.1) is 0 Å². The van der Waals surface area contributed by atoms with Crippen LogP contribution in [0.3, 0.4) is 0 Å². The second kappa shape index (κ2) is 4.59. The predicted octanol–water partition coefficient (Wildman–Crippen LogP) is 0.478. The first-order valence-electron chi connectivity index (χ1n) is 4.23. The van der Waals surface area contributed by atoms with Crippen LogP contribution in [-0.4, -0.2) is 43.7 Å². The first-order chi connectivity index (χ1) is 6.18. The zero-order chi connectivity index (χ0) is 9.68. The van der Waals surface area contributed by atoms with Gasteiger partial charge in [0, 0.05) is 27.1 Å². The highest BCUT2D eigenvalue weighted by Gasteiger charge is 2.08. The predicted molar refractivity (Wildman–Crippen MR) is 52.2 cm³/mol. The van der Waals surface area contributed by atoms with E-state index in [9.17, 15) is 4.79 Å². The fraction of sp³-hybridized carbons (Fsp3) is 0.625. The fourth-order valence-electron chi connectivity index (χ4n) is 0.965. The molecule has 5 heteroatoms. The quantitative estimate of drug-likeness (QED) is 0.473. The van der Waals surface area contributed by atoms with Gasteiger partial charge in [0.1, 0.15) is 5.84 Å². The molecule has 13 heavy (non-hydrogen) atoms. The van der Waals surface area contributed by atoms with Crippen molar-refractivity contribution in [3.8, 4) is 0 Å². The van der Waals surface area contributed by atoms with Crippen LogP contribution >= 0.6 is 0 Å². The largest absolute Gasteiger partial charge is 0.369 e. The van der Waals surface area contributed by atoms with Crippen molar-refractivity contribution in [2.45, 2.75) is 12.8 Å². The van der Waals surface area contributed by atoms with Crippen LogP contribution in [0, 0.1) is 0 Å². The summed E-state index contributed by atoms with van der Waals surface area (Å²) in [6.45, 7) is 0.813. The standard InChI is InChI=1S/C8H14N4O/c1-12(2)6-10-8(13)11-7-4-3-5-9-7/h6H,3-5H2,1-2H3,(H,9,11,13)/b10-6+. The summed E-state index contributed by atoms with van der Waals surface area (Å²) < 4.78 is 0. The number of hydrogen-bond donors (Lipinski definition) is 1. The number of nitrogens with one attached hydrogen (secondary N) is 1. The average molecular weight is 182 g/mol. The van der Waals surface area contributed by atoms with E-state index in [2.05, 4.69) is 15.3 Å². The van der Waals surface area contributed by atoms with Gasteiger partial charge in [-0.2, -0.15) is 4.99 Å². The maximum Gasteiger partial charge on any atom is 0.347 e. The van der Waals surface area contributed by atoms with E-state index in [1.54, 1.807) is 4.90 Å². The Morgan fingerprint density at radius 1 is 1.69 bits per heavy atom. The third kappa shape index (κ3) is 3.68. The molecule has 0 unspecified atom stereocenters. The lowest BCUT2D eigenvalue weighted by Gasteiger charge is -2.02. The van der Waals surface area contributed by atoms with Gasteiger partial charge in [0.2, 0.25) is 0 Å². The van der Waals surface area contributed by atoms with Crippen molar-refractivity contribution >= 4 is 18.2 Å². The Balaban J connectivity index is 2.32. The van der Waals surface area contributed by atoms with Gasteiger partial charge in [0.15, 0.2) is 0 Å². The Kier molecular flexibility index (Phi) is 3.42. The van der Waals surface area contributed by atoms with Crippen molar-refractivity contribution < 1.29 is 4.79 Å². The second-order valence-electron chi connectivity index (χ2n) is 3.07. The molecule has 1 heterocycles. The lowest BCUT2D eigenvalue weighted by atomic mass is 10.3. The molecule has 0 spiro atoms. The topological polar surface area (TPSA) is 57.1 Å². The number of urea groups is 1. The summed E-state index contributed by atoms with van der Waals surface area (Å²) in [4.78, 5) is 20.5. The molecule has 1 N–H and O–H groups in total. The van der Waals surface area contributed by atoms with Crippen LogP contribution in [-0.2, 0) is 0 Å². The van der Waals surface area contributed by atoms with Gasteiger partial charge in [0.25, 0.3) is 0 Å². The maximum absolute atomic E-state index is 11.1. The van der Waals surface area contributed by atoms with Crippen LogP contribution in [0.5, 0.6) is 0 Å². The number of amides is 2. The third-order valence-corrected chi connectivity index (χ3v) is 1.53. The highest BCUT2D eigenvalue weighted by molar-refractivity contribution is 6.00. The molecular formula is C8H14N4O. The fourth-order valence-corrected chi connectivity index (χ4v) is 0.965. The molecule has 1 rings (SSSR count). The Labute approximate surface area is 77.5 Å². The van der Waals surface area contributed by atoms with E-state index in [4.69, 9.17) is 0 Å². The van der Waals surface area contributed by atoms with Crippen LogP contribution < -0.4 is 5.32 Å². The molecule has 0 radical (unpaired) electrons. The van der Waals surface area contributed by atoms with Crippen LogP contribution in [0.15, 0.2) is 9.98 Å². The van der Waals surface area contributed by atoms with Crippen LogP contribution in [0.25, 0.3) is 0 Å².